The summed E-state index contributed by atoms with van der Waals surface area (Å²) in [6, 6.07) is 0. The first-order chi connectivity index (χ1) is 22.2. The van der Waals surface area contributed by atoms with Gasteiger partial charge in [0.15, 0.2) is 23.2 Å². The van der Waals surface area contributed by atoms with Crippen LogP contribution in [0.5, 0.6) is 0 Å². The lowest BCUT2D eigenvalue weighted by molar-refractivity contribution is -0.0642. The van der Waals surface area contributed by atoms with Crippen LogP contribution in [-0.4, -0.2) is 92.5 Å². The van der Waals surface area contributed by atoms with Gasteiger partial charge < -0.3 is 27.3 Å². The number of aromatic nitrogens is 4. The summed E-state index contributed by atoms with van der Waals surface area (Å²) in [5.74, 6) is 1.53. The van der Waals surface area contributed by atoms with Crippen molar-refractivity contribution in [1.29, 1.82) is 0 Å². The second-order valence-electron chi connectivity index (χ2n) is 15.2. The predicted octanol–water partition coefficient (Wildman–Crippen LogP) is 7.53. The first kappa shape index (κ1) is 37.8. The Bertz CT molecular complexity index is 1320. The highest BCUT2D eigenvalue weighted by Crippen LogP contribution is 2.49. The van der Waals surface area contributed by atoms with Gasteiger partial charge in [-0.3, -0.25) is 4.57 Å². The summed E-state index contributed by atoms with van der Waals surface area (Å²) in [6.45, 7) is 33.1. The predicted molar refractivity (Wildman–Crippen MR) is 192 cm³/mol. The Morgan fingerprint density at radius 1 is 0.936 bits per heavy atom. The van der Waals surface area contributed by atoms with E-state index in [1.54, 1.807) is 12.4 Å². The number of nitrogens with zero attached hydrogens (tertiary/aromatic N) is 6. The monoisotopic (exact) mass is 688 g/mol. The maximum absolute atomic E-state index is 7.42. The molecule has 13 heteroatoms. The van der Waals surface area contributed by atoms with E-state index in [1.807, 2.05) is 10.9 Å². The average molecular weight is 689 g/mol. The van der Waals surface area contributed by atoms with Gasteiger partial charge in [-0.1, -0.05) is 89.2 Å². The minimum atomic E-state index is -2.89. The highest BCUT2D eigenvalue weighted by Gasteiger charge is 2.62. The zero-order chi connectivity index (χ0) is 34.7. The van der Waals surface area contributed by atoms with Crippen molar-refractivity contribution in [2.45, 2.75) is 130 Å². The number of ether oxygens (including phenoxy) is 2. The van der Waals surface area contributed by atoms with Crippen molar-refractivity contribution in [1.82, 2.24) is 24.4 Å². The summed E-state index contributed by atoms with van der Waals surface area (Å²) in [6.07, 6.45) is 5.10. The van der Waals surface area contributed by atoms with Gasteiger partial charge in [0.25, 0.3) is 0 Å². The van der Waals surface area contributed by atoms with Crippen molar-refractivity contribution < 1.29 is 22.4 Å². The summed E-state index contributed by atoms with van der Waals surface area (Å²) < 4.78 is 37.1. The van der Waals surface area contributed by atoms with Crippen LogP contribution >= 0.6 is 0 Å². The minimum Gasteiger partial charge on any atom is -0.414 e. The summed E-state index contributed by atoms with van der Waals surface area (Å²) in [7, 11) is -5.62. The number of hydrogen-bond acceptors (Lipinski definition) is 9. The number of fused-ring (bicyclic) bond motifs is 2. The molecule has 0 spiro atoms. The van der Waals surface area contributed by atoms with E-state index >= 15 is 0 Å². The largest absolute Gasteiger partial charge is 0.414 e. The smallest absolute Gasteiger partial charge is 0.335 e. The van der Waals surface area contributed by atoms with E-state index in [2.05, 4.69) is 105 Å². The van der Waals surface area contributed by atoms with E-state index in [0.29, 0.717) is 42.0 Å². The van der Waals surface area contributed by atoms with Gasteiger partial charge in [0.1, 0.15) is 24.6 Å². The van der Waals surface area contributed by atoms with Crippen LogP contribution in [0.25, 0.3) is 11.2 Å². The molecule has 0 bridgehead atoms. The van der Waals surface area contributed by atoms with Gasteiger partial charge in [-0.15, -0.1) is 6.58 Å². The second-order valence-corrected chi connectivity index (χ2v) is 24.1. The highest BCUT2D eigenvalue weighted by molar-refractivity contribution is 6.84. The molecule has 0 amide bonds. The maximum atomic E-state index is 7.42. The number of rotatable bonds is 14. The lowest BCUT2D eigenvalue weighted by atomic mass is 10.1. The Kier molecular flexibility index (Phi) is 12.6. The van der Waals surface area contributed by atoms with Crippen LogP contribution in [-0.2, 0) is 22.4 Å². The molecule has 11 nitrogen and oxygen atoms in total. The first-order valence-corrected chi connectivity index (χ1v) is 21.5. The molecule has 2 aliphatic heterocycles. The molecule has 4 rings (SSSR count). The topological polar surface area (TPSA) is 105 Å². The van der Waals surface area contributed by atoms with Gasteiger partial charge in [0.2, 0.25) is 0 Å². The molecule has 0 saturated carbocycles. The maximum Gasteiger partial charge on any atom is 0.335 e. The van der Waals surface area contributed by atoms with Crippen LogP contribution in [0.15, 0.2) is 30.3 Å². The first-order valence-electron chi connectivity index (χ1n) is 17.5. The third-order valence-corrected chi connectivity index (χ3v) is 19.4. The Labute approximate surface area is 285 Å². The van der Waals surface area contributed by atoms with E-state index in [4.69, 9.17) is 32.4 Å². The van der Waals surface area contributed by atoms with Gasteiger partial charge in [0.05, 0.1) is 25.9 Å². The molecular weight excluding hydrogens is 629 g/mol. The van der Waals surface area contributed by atoms with E-state index < -0.39 is 35.6 Å². The number of hydrogen-bond donors (Lipinski definition) is 0. The molecule has 264 valence electrons. The molecule has 2 aromatic rings. The molecule has 2 fully saturated rings. The Morgan fingerprint density at radius 2 is 1.55 bits per heavy atom. The van der Waals surface area contributed by atoms with Crippen LogP contribution in [0, 0.1) is 11.8 Å². The highest BCUT2D eigenvalue weighted by atomic mass is 28.5. The van der Waals surface area contributed by atoms with Gasteiger partial charge in [-0.2, -0.15) is 0 Å². The van der Waals surface area contributed by atoms with Gasteiger partial charge in [0, 0.05) is 13.1 Å². The van der Waals surface area contributed by atoms with Crippen LogP contribution < -0.4 is 0 Å². The summed E-state index contributed by atoms with van der Waals surface area (Å²) in [4.78, 5) is 20.9. The van der Waals surface area contributed by atoms with Crippen LogP contribution in [0.3, 0.4) is 0 Å². The third-order valence-electron chi connectivity index (χ3n) is 9.18. The Balaban J connectivity index is 1.77. The van der Waals surface area contributed by atoms with Gasteiger partial charge >= 0.3 is 17.1 Å². The van der Waals surface area contributed by atoms with Crippen LogP contribution in [0.4, 0.5) is 5.82 Å². The average Bonchev–Trinajstić information content (AvgIpc) is 3.54. The summed E-state index contributed by atoms with van der Waals surface area (Å²) in [5, 5.41) is 0. The van der Waals surface area contributed by atoms with E-state index in [0.717, 1.165) is 13.1 Å². The minimum absolute atomic E-state index is 0.182. The third kappa shape index (κ3) is 7.92. The fourth-order valence-electron chi connectivity index (χ4n) is 7.07. The quantitative estimate of drug-likeness (QED) is 0.0862. The Hall–Kier alpha value is -2.01. The van der Waals surface area contributed by atoms with E-state index in [9.17, 15) is 0 Å². The van der Waals surface area contributed by atoms with Gasteiger partial charge in [-0.05, 0) is 34.0 Å². The molecule has 0 aromatic carbocycles. The molecule has 2 aliphatic rings. The van der Waals surface area contributed by atoms with Gasteiger partial charge in [-0.25, -0.2) is 19.9 Å². The SMILES string of the molecule is C=CCO[C@@H]1[C@@H]2O[Si](C(C)C)(C(C)C)O[Si](C(C)C)(C(C)C)OC[C@H]2O[C@H]1n1cnc2c(/N=C\N(CC(C)C)CC(C)C)ncnc21. The lowest BCUT2D eigenvalue weighted by Gasteiger charge is -2.51. The molecule has 2 saturated heterocycles. The van der Waals surface area contributed by atoms with Crippen LogP contribution in [0.2, 0.25) is 22.2 Å². The fraction of sp³-hybridized carbons (Fsp3) is 0.765. The molecule has 0 N–H and O–H groups in total. The standard InChI is InChI=1S/C34H60N6O5Si2/c1-14-15-41-31-30-28(18-42-46(24(6)7,25(8)9)45-47(44-30,26(10)11)27(12)13)43-34(31)40-21-37-29-32(35-19-36-33(29)40)38-20-39(16-22(2)3)17-23(4)5/h14,19-28,30-31,34H,1,15-18H2,2-13H3/b38-20-/t28-,30-,31-,34-/m1/s1. The fourth-order valence-corrected chi connectivity index (χ4v) is 18.3. The molecule has 47 heavy (non-hydrogen) atoms. The van der Waals surface area contributed by atoms with Crippen molar-refractivity contribution in [3.8, 4) is 0 Å². The molecular formula is C34H60N6O5Si2. The summed E-state index contributed by atoms with van der Waals surface area (Å²) in [5.41, 5.74) is 2.07. The zero-order valence-electron chi connectivity index (χ0n) is 30.8. The number of aliphatic imine (C=N–C) groups is 1. The normalized spacial score (nSPS) is 24.7. The molecule has 4 heterocycles. The van der Waals surface area contributed by atoms with E-state index in [1.165, 1.54) is 6.33 Å². The van der Waals surface area contributed by atoms with Crippen molar-refractivity contribution in [2.24, 2.45) is 16.8 Å². The number of imidazole rings is 1. The van der Waals surface area contributed by atoms with E-state index in [-0.39, 0.29) is 28.3 Å². The zero-order valence-corrected chi connectivity index (χ0v) is 32.8. The molecule has 2 aromatic heterocycles. The molecule has 0 radical (unpaired) electrons. The molecule has 0 aliphatic carbocycles. The van der Waals surface area contributed by atoms with Crippen molar-refractivity contribution in [2.75, 3.05) is 26.3 Å². The second kappa shape index (κ2) is 15.7. The lowest BCUT2D eigenvalue weighted by Crippen LogP contribution is -2.66. The van der Waals surface area contributed by atoms with Crippen molar-refractivity contribution >= 4 is 40.4 Å². The Morgan fingerprint density at radius 3 is 2.11 bits per heavy atom. The molecule has 0 unspecified atom stereocenters. The van der Waals surface area contributed by atoms with Crippen molar-refractivity contribution in [3.63, 3.8) is 0 Å². The summed E-state index contributed by atoms with van der Waals surface area (Å²) >= 11 is 0. The van der Waals surface area contributed by atoms with Crippen LogP contribution in [0.1, 0.15) is 89.3 Å². The van der Waals surface area contributed by atoms with Crippen molar-refractivity contribution in [3.05, 3.63) is 25.3 Å². The molecule has 4 atom stereocenters.